The quantitative estimate of drug-likeness (QED) is 0.810. The van der Waals surface area contributed by atoms with Gasteiger partial charge in [-0.3, -0.25) is 4.79 Å². The topological polar surface area (TPSA) is 66.9 Å². The molecule has 2 unspecified atom stereocenters. The Morgan fingerprint density at radius 2 is 1.95 bits per heavy atom. The van der Waals surface area contributed by atoms with Crippen molar-refractivity contribution in [2.24, 2.45) is 5.92 Å². The monoisotopic (exact) mass is 292 g/mol. The molecule has 1 aromatic rings. The van der Waals surface area contributed by atoms with Crippen LogP contribution in [0.15, 0.2) is 6.20 Å². The fourth-order valence-corrected chi connectivity index (χ4v) is 2.15. The lowest BCUT2D eigenvalue weighted by Crippen LogP contribution is -2.35. The fourth-order valence-electron chi connectivity index (χ4n) is 2.15. The third kappa shape index (κ3) is 4.99. The maximum Gasteiger partial charge on any atom is 0.272 e. The van der Waals surface area contributed by atoms with Gasteiger partial charge in [0.1, 0.15) is 5.82 Å². The van der Waals surface area contributed by atoms with Gasteiger partial charge in [-0.05, 0) is 19.3 Å². The summed E-state index contributed by atoms with van der Waals surface area (Å²) in [6, 6.07) is 0.134. The van der Waals surface area contributed by atoms with Crippen LogP contribution in [-0.2, 0) is 0 Å². The zero-order chi connectivity index (χ0) is 16.0. The highest BCUT2D eigenvalue weighted by molar-refractivity contribution is 5.97. The van der Waals surface area contributed by atoms with Crippen LogP contribution in [0.2, 0.25) is 0 Å². The number of hydrogen-bond donors (Lipinski definition) is 2. The minimum Gasteiger partial charge on any atom is -0.385 e. The summed E-state index contributed by atoms with van der Waals surface area (Å²) in [6.45, 7) is 10.4. The lowest BCUT2D eigenvalue weighted by Gasteiger charge is -2.18. The molecule has 1 amide bonds. The number of nitrogens with one attached hydrogen (secondary N) is 2. The lowest BCUT2D eigenvalue weighted by molar-refractivity contribution is 0.0930. The zero-order valence-electron chi connectivity index (χ0n) is 14.0. The van der Waals surface area contributed by atoms with Crippen LogP contribution in [0.3, 0.4) is 0 Å². The van der Waals surface area contributed by atoms with Crippen LogP contribution in [0.4, 0.5) is 5.69 Å². The van der Waals surface area contributed by atoms with Gasteiger partial charge in [-0.25, -0.2) is 9.97 Å². The second-order valence-corrected chi connectivity index (χ2v) is 6.02. The molecule has 2 N–H and O–H groups in total. The SMILES string of the molecule is CCC(C)CC(C)NC(=O)c1nc(C(C)C)ncc1NC. The molecule has 0 bridgehead atoms. The smallest absolute Gasteiger partial charge is 0.272 e. The van der Waals surface area contributed by atoms with E-state index in [-0.39, 0.29) is 17.9 Å². The van der Waals surface area contributed by atoms with E-state index < -0.39 is 0 Å². The van der Waals surface area contributed by atoms with E-state index in [9.17, 15) is 4.79 Å². The molecule has 0 aliphatic carbocycles. The average molecular weight is 292 g/mol. The van der Waals surface area contributed by atoms with E-state index in [1.807, 2.05) is 20.8 Å². The van der Waals surface area contributed by atoms with Crippen molar-refractivity contribution in [3.63, 3.8) is 0 Å². The third-order valence-electron chi connectivity index (χ3n) is 3.64. The van der Waals surface area contributed by atoms with Crippen LogP contribution in [0.5, 0.6) is 0 Å². The number of anilines is 1. The summed E-state index contributed by atoms with van der Waals surface area (Å²) in [5, 5.41) is 6.02. The first-order valence-electron chi connectivity index (χ1n) is 7.74. The number of rotatable bonds is 7. The molecule has 0 aliphatic heterocycles. The summed E-state index contributed by atoms with van der Waals surface area (Å²) < 4.78 is 0. The van der Waals surface area contributed by atoms with E-state index >= 15 is 0 Å². The molecule has 21 heavy (non-hydrogen) atoms. The summed E-state index contributed by atoms with van der Waals surface area (Å²) in [7, 11) is 1.77. The van der Waals surface area contributed by atoms with Gasteiger partial charge in [0.25, 0.3) is 5.91 Å². The first-order valence-corrected chi connectivity index (χ1v) is 7.74. The lowest BCUT2D eigenvalue weighted by atomic mass is 10.0. The van der Waals surface area contributed by atoms with Gasteiger partial charge in [0.2, 0.25) is 0 Å². The predicted octanol–water partition coefficient (Wildman–Crippen LogP) is 3.20. The van der Waals surface area contributed by atoms with Crippen molar-refractivity contribution >= 4 is 11.6 Å². The van der Waals surface area contributed by atoms with Crippen molar-refractivity contribution in [2.45, 2.75) is 59.4 Å². The van der Waals surface area contributed by atoms with Crippen molar-refractivity contribution in [1.29, 1.82) is 0 Å². The number of nitrogens with zero attached hydrogens (tertiary/aromatic N) is 2. The van der Waals surface area contributed by atoms with Gasteiger partial charge in [0, 0.05) is 19.0 Å². The molecule has 1 heterocycles. The Hall–Kier alpha value is -1.65. The van der Waals surface area contributed by atoms with Crippen molar-refractivity contribution in [3.8, 4) is 0 Å². The van der Waals surface area contributed by atoms with Crippen molar-refractivity contribution in [3.05, 3.63) is 17.7 Å². The molecular weight excluding hydrogens is 264 g/mol. The van der Waals surface area contributed by atoms with Gasteiger partial charge in [-0.1, -0.05) is 34.1 Å². The number of amides is 1. The molecule has 0 saturated carbocycles. The minimum absolute atomic E-state index is 0.134. The molecule has 0 fully saturated rings. The number of aromatic nitrogens is 2. The molecule has 2 atom stereocenters. The van der Waals surface area contributed by atoms with E-state index in [2.05, 4.69) is 34.4 Å². The molecule has 5 nitrogen and oxygen atoms in total. The van der Waals surface area contributed by atoms with Crippen LogP contribution in [-0.4, -0.2) is 29.0 Å². The largest absolute Gasteiger partial charge is 0.385 e. The average Bonchev–Trinajstić information content (AvgIpc) is 2.45. The van der Waals surface area contributed by atoms with Crippen molar-refractivity contribution < 1.29 is 4.79 Å². The highest BCUT2D eigenvalue weighted by atomic mass is 16.2. The Morgan fingerprint density at radius 3 is 2.48 bits per heavy atom. The van der Waals surface area contributed by atoms with E-state index in [0.717, 1.165) is 12.8 Å². The molecular formula is C16H28N4O. The van der Waals surface area contributed by atoms with E-state index in [1.54, 1.807) is 13.2 Å². The standard InChI is InChI=1S/C16H28N4O/c1-7-11(4)8-12(5)19-16(21)14-13(17-6)9-18-15(20-14)10(2)3/h9-12,17H,7-8H2,1-6H3,(H,19,21). The normalized spacial score (nSPS) is 13.9. The Kier molecular flexibility index (Phi) is 6.59. The minimum atomic E-state index is -0.139. The number of carbonyl (C=O) groups excluding carboxylic acids is 1. The van der Waals surface area contributed by atoms with E-state index in [0.29, 0.717) is 23.1 Å². The molecule has 0 spiro atoms. The second kappa shape index (κ2) is 7.96. The molecule has 0 aliphatic rings. The summed E-state index contributed by atoms with van der Waals surface area (Å²) in [5.74, 6) is 1.34. The molecule has 5 heteroatoms. The molecule has 1 aromatic heterocycles. The van der Waals surface area contributed by atoms with Gasteiger partial charge in [0.15, 0.2) is 5.69 Å². The molecule has 1 rings (SSSR count). The number of carbonyl (C=O) groups is 1. The Labute approximate surface area is 128 Å². The summed E-state index contributed by atoms with van der Waals surface area (Å²) in [5.41, 5.74) is 1.08. The van der Waals surface area contributed by atoms with Gasteiger partial charge >= 0.3 is 0 Å². The summed E-state index contributed by atoms with van der Waals surface area (Å²) in [4.78, 5) is 21.1. The Balaban J connectivity index is 2.87. The van der Waals surface area contributed by atoms with Crippen molar-refractivity contribution in [2.75, 3.05) is 12.4 Å². The maximum absolute atomic E-state index is 12.4. The van der Waals surface area contributed by atoms with Gasteiger partial charge in [-0.2, -0.15) is 0 Å². The summed E-state index contributed by atoms with van der Waals surface area (Å²) >= 11 is 0. The highest BCUT2D eigenvalue weighted by Gasteiger charge is 2.18. The van der Waals surface area contributed by atoms with Gasteiger partial charge in [0.05, 0.1) is 11.9 Å². The Bertz CT molecular complexity index is 473. The zero-order valence-corrected chi connectivity index (χ0v) is 14.0. The summed E-state index contributed by atoms with van der Waals surface area (Å²) in [6.07, 6.45) is 3.77. The molecule has 0 saturated heterocycles. The van der Waals surface area contributed by atoms with Crippen LogP contribution < -0.4 is 10.6 Å². The maximum atomic E-state index is 12.4. The van der Waals surface area contributed by atoms with Gasteiger partial charge < -0.3 is 10.6 Å². The first-order chi connectivity index (χ1) is 9.88. The van der Waals surface area contributed by atoms with Gasteiger partial charge in [-0.15, -0.1) is 0 Å². The fraction of sp³-hybridized carbons (Fsp3) is 0.688. The van der Waals surface area contributed by atoms with Crippen LogP contribution in [0, 0.1) is 5.92 Å². The van der Waals surface area contributed by atoms with Crippen LogP contribution >= 0.6 is 0 Å². The van der Waals surface area contributed by atoms with E-state index in [4.69, 9.17) is 0 Å². The second-order valence-electron chi connectivity index (χ2n) is 6.02. The number of hydrogen-bond acceptors (Lipinski definition) is 4. The molecule has 118 valence electrons. The van der Waals surface area contributed by atoms with Crippen molar-refractivity contribution in [1.82, 2.24) is 15.3 Å². The van der Waals surface area contributed by atoms with E-state index in [1.165, 1.54) is 0 Å². The predicted molar refractivity (Wildman–Crippen MR) is 86.7 cm³/mol. The van der Waals surface area contributed by atoms with Crippen LogP contribution in [0.1, 0.15) is 69.7 Å². The van der Waals surface area contributed by atoms with Crippen LogP contribution in [0.25, 0.3) is 0 Å². The first kappa shape index (κ1) is 17.4. The highest BCUT2D eigenvalue weighted by Crippen LogP contribution is 2.16. The molecule has 0 radical (unpaired) electrons. The molecule has 0 aromatic carbocycles. The Morgan fingerprint density at radius 1 is 1.29 bits per heavy atom. The third-order valence-corrected chi connectivity index (χ3v) is 3.64.